The number of unbranched alkanes of at least 4 members (excludes halogenated alkanes) is 2. The Hall–Kier alpha value is -0.570. The summed E-state index contributed by atoms with van der Waals surface area (Å²) >= 11 is 0. The van der Waals surface area contributed by atoms with Crippen molar-refractivity contribution in [3.8, 4) is 0 Å². The highest BCUT2D eigenvalue weighted by atomic mass is 16.3. The molecule has 1 unspecified atom stereocenters. The van der Waals surface area contributed by atoms with Gasteiger partial charge >= 0.3 is 0 Å². The van der Waals surface area contributed by atoms with E-state index in [0.717, 1.165) is 31.8 Å². The molecule has 0 aliphatic carbocycles. The molecule has 1 aliphatic heterocycles. The second-order valence-corrected chi connectivity index (χ2v) is 3.89. The Bertz CT molecular complexity index is 187. The van der Waals surface area contributed by atoms with Crippen molar-refractivity contribution in [3.63, 3.8) is 0 Å². The Balaban J connectivity index is 2.35. The molecule has 0 amide bonds. The highest BCUT2D eigenvalue weighted by Gasteiger charge is 2.28. The first kappa shape index (κ1) is 10.5. The molecule has 0 saturated carbocycles. The van der Waals surface area contributed by atoms with Crippen molar-refractivity contribution >= 4 is 5.84 Å². The fourth-order valence-corrected chi connectivity index (χ4v) is 1.60. The monoisotopic (exact) mass is 184 g/mol. The molecule has 1 heterocycles. The molecule has 1 atom stereocenters. The molecule has 1 aliphatic rings. The Labute approximate surface area is 80.3 Å². The van der Waals surface area contributed by atoms with Crippen LogP contribution >= 0.6 is 0 Å². The number of rotatable bonds is 5. The molecule has 0 aromatic carbocycles. The van der Waals surface area contributed by atoms with E-state index < -0.39 is 5.60 Å². The maximum absolute atomic E-state index is 10.0. The molecule has 0 aromatic rings. The molecule has 0 spiro atoms. The van der Waals surface area contributed by atoms with E-state index >= 15 is 0 Å². The molecule has 76 valence electrons. The smallest absolute Gasteiger partial charge is 0.129 e. The first-order chi connectivity index (χ1) is 6.17. The maximum atomic E-state index is 10.0. The van der Waals surface area contributed by atoms with Crippen LogP contribution in [-0.2, 0) is 0 Å². The summed E-state index contributed by atoms with van der Waals surface area (Å²) in [6.07, 6.45) is 4.26. The minimum Gasteiger partial charge on any atom is -0.382 e. The van der Waals surface area contributed by atoms with Crippen molar-refractivity contribution in [3.05, 3.63) is 0 Å². The van der Waals surface area contributed by atoms with Crippen LogP contribution in [0.15, 0.2) is 4.99 Å². The van der Waals surface area contributed by atoms with E-state index in [9.17, 15) is 5.11 Å². The van der Waals surface area contributed by atoms with Gasteiger partial charge in [-0.05, 0) is 13.3 Å². The van der Waals surface area contributed by atoms with E-state index in [1.54, 1.807) is 0 Å². The summed E-state index contributed by atoms with van der Waals surface area (Å²) in [6.45, 7) is 5.69. The van der Waals surface area contributed by atoms with Gasteiger partial charge in [0.15, 0.2) is 0 Å². The van der Waals surface area contributed by atoms with Gasteiger partial charge in [-0.3, -0.25) is 4.99 Å². The van der Waals surface area contributed by atoms with Crippen molar-refractivity contribution in [1.82, 2.24) is 5.32 Å². The molecule has 0 saturated heterocycles. The van der Waals surface area contributed by atoms with Crippen LogP contribution in [0, 0.1) is 0 Å². The molecule has 3 nitrogen and oxygen atoms in total. The molecule has 3 heteroatoms. The minimum absolute atomic E-state index is 0.730. The third-order valence-corrected chi connectivity index (χ3v) is 2.45. The zero-order chi connectivity index (χ0) is 9.73. The van der Waals surface area contributed by atoms with Crippen molar-refractivity contribution in [2.24, 2.45) is 4.99 Å². The Morgan fingerprint density at radius 1 is 1.54 bits per heavy atom. The SMILES string of the molecule is CCCCCC(C)(O)C1=NCCN1. The van der Waals surface area contributed by atoms with Crippen molar-refractivity contribution in [2.75, 3.05) is 13.1 Å². The van der Waals surface area contributed by atoms with Crippen LogP contribution in [-0.4, -0.2) is 29.6 Å². The predicted molar refractivity (Wildman–Crippen MR) is 55.1 cm³/mol. The van der Waals surface area contributed by atoms with Gasteiger partial charge in [-0.25, -0.2) is 0 Å². The molecule has 1 rings (SSSR count). The summed E-state index contributed by atoms with van der Waals surface area (Å²) < 4.78 is 0. The van der Waals surface area contributed by atoms with Crippen molar-refractivity contribution < 1.29 is 5.11 Å². The largest absolute Gasteiger partial charge is 0.382 e. The second-order valence-electron chi connectivity index (χ2n) is 3.89. The number of aliphatic imine (C=N–C) groups is 1. The summed E-state index contributed by atoms with van der Waals surface area (Å²) in [5.41, 5.74) is -0.730. The quantitative estimate of drug-likeness (QED) is 0.633. The predicted octanol–water partition coefficient (Wildman–Crippen LogP) is 1.32. The lowest BCUT2D eigenvalue weighted by molar-refractivity contribution is 0.116. The number of hydrogen-bond donors (Lipinski definition) is 2. The zero-order valence-corrected chi connectivity index (χ0v) is 8.64. The lowest BCUT2D eigenvalue weighted by atomic mass is 9.97. The fourth-order valence-electron chi connectivity index (χ4n) is 1.60. The Kier molecular flexibility index (Phi) is 3.72. The van der Waals surface area contributed by atoms with Gasteiger partial charge in [-0.1, -0.05) is 26.2 Å². The van der Waals surface area contributed by atoms with Gasteiger partial charge in [0.2, 0.25) is 0 Å². The molecule has 0 aromatic heterocycles. The topological polar surface area (TPSA) is 44.6 Å². The first-order valence-electron chi connectivity index (χ1n) is 5.18. The second kappa shape index (κ2) is 4.61. The van der Waals surface area contributed by atoms with Gasteiger partial charge in [0.1, 0.15) is 11.4 Å². The van der Waals surface area contributed by atoms with Crippen molar-refractivity contribution in [2.45, 2.75) is 45.1 Å². The number of nitrogens with zero attached hydrogens (tertiary/aromatic N) is 1. The Morgan fingerprint density at radius 3 is 2.85 bits per heavy atom. The summed E-state index contributed by atoms with van der Waals surface area (Å²) in [5, 5.41) is 13.2. The van der Waals surface area contributed by atoms with E-state index in [2.05, 4.69) is 17.2 Å². The zero-order valence-electron chi connectivity index (χ0n) is 8.64. The molecule has 13 heavy (non-hydrogen) atoms. The van der Waals surface area contributed by atoms with E-state index in [4.69, 9.17) is 0 Å². The Morgan fingerprint density at radius 2 is 2.31 bits per heavy atom. The van der Waals surface area contributed by atoms with Gasteiger partial charge in [-0.15, -0.1) is 0 Å². The standard InChI is InChI=1S/C10H20N2O/c1-3-4-5-6-10(2,13)9-11-7-8-12-9/h13H,3-8H2,1-2H3,(H,11,12). The molecule has 0 radical (unpaired) electrons. The number of nitrogens with one attached hydrogen (secondary N) is 1. The van der Waals surface area contributed by atoms with E-state index in [1.165, 1.54) is 12.8 Å². The molecule has 0 fully saturated rings. The van der Waals surface area contributed by atoms with Gasteiger partial charge in [0.05, 0.1) is 6.54 Å². The number of aliphatic hydroxyl groups is 1. The van der Waals surface area contributed by atoms with Crippen LogP contribution in [0.4, 0.5) is 0 Å². The minimum atomic E-state index is -0.730. The van der Waals surface area contributed by atoms with E-state index in [0.29, 0.717) is 0 Å². The van der Waals surface area contributed by atoms with Crippen LogP contribution in [0.2, 0.25) is 0 Å². The van der Waals surface area contributed by atoms with Gasteiger partial charge in [-0.2, -0.15) is 0 Å². The van der Waals surface area contributed by atoms with Crippen LogP contribution in [0.5, 0.6) is 0 Å². The van der Waals surface area contributed by atoms with Gasteiger partial charge < -0.3 is 10.4 Å². The highest BCUT2D eigenvalue weighted by molar-refractivity contribution is 5.91. The highest BCUT2D eigenvalue weighted by Crippen LogP contribution is 2.16. The van der Waals surface area contributed by atoms with Crippen molar-refractivity contribution in [1.29, 1.82) is 0 Å². The summed E-state index contributed by atoms with van der Waals surface area (Å²) in [7, 11) is 0. The molecular formula is C10H20N2O. The van der Waals surface area contributed by atoms with Crippen LogP contribution in [0.3, 0.4) is 0 Å². The number of hydrogen-bond acceptors (Lipinski definition) is 3. The molecule has 2 N–H and O–H groups in total. The third kappa shape index (κ3) is 2.99. The van der Waals surface area contributed by atoms with E-state index in [-0.39, 0.29) is 0 Å². The maximum Gasteiger partial charge on any atom is 0.129 e. The first-order valence-corrected chi connectivity index (χ1v) is 5.18. The molecule has 0 bridgehead atoms. The lowest BCUT2D eigenvalue weighted by Gasteiger charge is -2.23. The van der Waals surface area contributed by atoms with Crippen LogP contribution in [0.25, 0.3) is 0 Å². The summed E-state index contributed by atoms with van der Waals surface area (Å²) in [6, 6.07) is 0. The average Bonchev–Trinajstić information content (AvgIpc) is 2.56. The van der Waals surface area contributed by atoms with Gasteiger partial charge in [0, 0.05) is 6.54 Å². The van der Waals surface area contributed by atoms with Crippen LogP contribution < -0.4 is 5.32 Å². The summed E-state index contributed by atoms with van der Waals surface area (Å²) in [5.74, 6) is 0.781. The van der Waals surface area contributed by atoms with E-state index in [1.807, 2.05) is 6.92 Å². The third-order valence-electron chi connectivity index (χ3n) is 2.45. The fraction of sp³-hybridized carbons (Fsp3) is 0.900. The van der Waals surface area contributed by atoms with Crippen LogP contribution in [0.1, 0.15) is 39.5 Å². The summed E-state index contributed by atoms with van der Waals surface area (Å²) in [4.78, 5) is 4.24. The average molecular weight is 184 g/mol. The lowest BCUT2D eigenvalue weighted by Crippen LogP contribution is -2.42. The normalized spacial score (nSPS) is 20.7. The molecular weight excluding hydrogens is 164 g/mol. The number of amidine groups is 1. The van der Waals surface area contributed by atoms with Gasteiger partial charge in [0.25, 0.3) is 0 Å².